The average Bonchev–Trinajstić information content (AvgIpc) is 3.32. The summed E-state index contributed by atoms with van der Waals surface area (Å²) in [5.41, 5.74) is 0. The number of piperazine rings is 1. The molecule has 0 atom stereocenters. The molecule has 6 heteroatoms. The van der Waals surface area contributed by atoms with Crippen LogP contribution in [-0.2, 0) is 4.79 Å². The molecule has 2 aliphatic rings. The lowest BCUT2D eigenvalue weighted by molar-refractivity contribution is -0.132. The van der Waals surface area contributed by atoms with Crippen LogP contribution in [0.3, 0.4) is 0 Å². The van der Waals surface area contributed by atoms with E-state index in [1.807, 2.05) is 9.80 Å². The second-order valence-electron chi connectivity index (χ2n) is 5.87. The summed E-state index contributed by atoms with van der Waals surface area (Å²) in [7, 11) is 0. The monoisotopic (exact) mass is 296 g/mol. The van der Waals surface area contributed by atoms with E-state index in [0.29, 0.717) is 38.6 Å². The lowest BCUT2D eigenvalue weighted by Crippen LogP contribution is -2.53. The predicted molar refractivity (Wildman–Crippen MR) is 82.1 cm³/mol. The van der Waals surface area contributed by atoms with E-state index in [1.165, 1.54) is 0 Å². The number of urea groups is 1. The number of carbonyl (C=O) groups is 2. The van der Waals surface area contributed by atoms with E-state index in [9.17, 15) is 9.59 Å². The van der Waals surface area contributed by atoms with Gasteiger partial charge in [0.25, 0.3) is 0 Å². The van der Waals surface area contributed by atoms with Crippen molar-refractivity contribution in [2.24, 2.45) is 0 Å². The maximum Gasteiger partial charge on any atom is 0.317 e. The van der Waals surface area contributed by atoms with Crippen LogP contribution in [0.1, 0.15) is 33.1 Å². The fourth-order valence-electron chi connectivity index (χ4n) is 2.60. The van der Waals surface area contributed by atoms with E-state index in [4.69, 9.17) is 0 Å². The summed E-state index contributed by atoms with van der Waals surface area (Å²) in [6.07, 6.45) is 2.79. The van der Waals surface area contributed by atoms with E-state index < -0.39 is 0 Å². The lowest BCUT2D eigenvalue weighted by Gasteiger charge is -2.35. The van der Waals surface area contributed by atoms with Crippen LogP contribution in [0.4, 0.5) is 4.79 Å². The Morgan fingerprint density at radius 3 is 2.14 bits per heavy atom. The first-order valence-corrected chi connectivity index (χ1v) is 8.19. The molecule has 0 aromatic heterocycles. The Labute approximate surface area is 127 Å². The van der Waals surface area contributed by atoms with Crippen LogP contribution in [0.15, 0.2) is 0 Å². The highest BCUT2D eigenvalue weighted by Gasteiger charge is 2.28. The van der Waals surface area contributed by atoms with Crippen LogP contribution >= 0.6 is 0 Å². The van der Waals surface area contributed by atoms with Crippen LogP contribution in [-0.4, -0.2) is 78.5 Å². The molecule has 120 valence electrons. The summed E-state index contributed by atoms with van der Waals surface area (Å²) in [4.78, 5) is 30.1. The Bertz CT molecular complexity index is 359. The molecule has 2 rings (SSSR count). The van der Waals surface area contributed by atoms with Crippen molar-refractivity contribution in [2.45, 2.75) is 39.2 Å². The van der Waals surface area contributed by atoms with Gasteiger partial charge in [0.05, 0.1) is 0 Å². The Balaban J connectivity index is 1.67. The maximum atomic E-state index is 12.2. The van der Waals surface area contributed by atoms with Gasteiger partial charge < -0.3 is 20.0 Å². The molecule has 0 radical (unpaired) electrons. The van der Waals surface area contributed by atoms with E-state index in [-0.39, 0.29) is 11.9 Å². The van der Waals surface area contributed by atoms with Gasteiger partial charge in [-0.05, 0) is 25.9 Å². The second kappa shape index (κ2) is 7.64. The summed E-state index contributed by atoms with van der Waals surface area (Å²) in [6, 6.07) is 0.430. The minimum atomic E-state index is 0.0349. The van der Waals surface area contributed by atoms with Crippen molar-refractivity contribution in [3.05, 3.63) is 0 Å². The van der Waals surface area contributed by atoms with Crippen LogP contribution in [0.2, 0.25) is 0 Å². The van der Waals surface area contributed by atoms with Gasteiger partial charge in [-0.3, -0.25) is 4.79 Å². The zero-order valence-corrected chi connectivity index (χ0v) is 13.3. The van der Waals surface area contributed by atoms with E-state index in [1.54, 1.807) is 0 Å². The summed E-state index contributed by atoms with van der Waals surface area (Å²) < 4.78 is 0. The third kappa shape index (κ3) is 4.88. The van der Waals surface area contributed by atoms with Gasteiger partial charge in [-0.2, -0.15) is 0 Å². The lowest BCUT2D eigenvalue weighted by atomic mass is 10.2. The average molecular weight is 296 g/mol. The van der Waals surface area contributed by atoms with Crippen molar-refractivity contribution in [2.75, 3.05) is 45.8 Å². The topological polar surface area (TPSA) is 55.9 Å². The molecular weight excluding hydrogens is 268 g/mol. The highest BCUT2D eigenvalue weighted by Crippen LogP contribution is 2.19. The first kappa shape index (κ1) is 16.1. The molecule has 1 aliphatic heterocycles. The van der Waals surface area contributed by atoms with Gasteiger partial charge in [0.1, 0.15) is 0 Å². The van der Waals surface area contributed by atoms with Gasteiger partial charge >= 0.3 is 6.03 Å². The number of nitrogens with one attached hydrogen (secondary N) is 1. The largest absolute Gasteiger partial charge is 0.339 e. The minimum Gasteiger partial charge on any atom is -0.339 e. The van der Waals surface area contributed by atoms with Crippen LogP contribution in [0, 0.1) is 0 Å². The van der Waals surface area contributed by atoms with Gasteiger partial charge in [-0.15, -0.1) is 0 Å². The SMILES string of the molecule is CCN(CC)CCC(=O)N1CCN(C(=O)NC2CC2)CC1. The number of rotatable bonds is 6. The molecule has 0 unspecified atom stereocenters. The third-order valence-electron chi connectivity index (χ3n) is 4.36. The van der Waals surface area contributed by atoms with E-state index >= 15 is 0 Å². The molecule has 6 nitrogen and oxygen atoms in total. The number of hydrogen-bond acceptors (Lipinski definition) is 3. The molecule has 2 fully saturated rings. The van der Waals surface area contributed by atoms with Crippen LogP contribution in [0.5, 0.6) is 0 Å². The van der Waals surface area contributed by atoms with Crippen LogP contribution < -0.4 is 5.32 Å². The normalized spacial score (nSPS) is 19.0. The van der Waals surface area contributed by atoms with Crippen molar-refractivity contribution >= 4 is 11.9 Å². The zero-order chi connectivity index (χ0) is 15.2. The summed E-state index contributed by atoms with van der Waals surface area (Å²) >= 11 is 0. The first-order valence-electron chi connectivity index (χ1n) is 8.19. The molecule has 21 heavy (non-hydrogen) atoms. The number of amides is 3. The van der Waals surface area contributed by atoms with Gasteiger partial charge in [-0.1, -0.05) is 13.8 Å². The van der Waals surface area contributed by atoms with Gasteiger partial charge in [0.2, 0.25) is 5.91 Å². The maximum absolute atomic E-state index is 12.2. The van der Waals surface area contributed by atoms with Crippen molar-refractivity contribution < 1.29 is 9.59 Å². The summed E-state index contributed by atoms with van der Waals surface area (Å²) in [6.45, 7) is 9.65. The zero-order valence-electron chi connectivity index (χ0n) is 13.3. The third-order valence-corrected chi connectivity index (χ3v) is 4.36. The molecule has 0 aromatic carbocycles. The highest BCUT2D eigenvalue weighted by molar-refractivity contribution is 5.78. The number of hydrogen-bond donors (Lipinski definition) is 1. The van der Waals surface area contributed by atoms with Gasteiger partial charge in [-0.25, -0.2) is 4.79 Å². The van der Waals surface area contributed by atoms with Gasteiger partial charge in [0.15, 0.2) is 0 Å². The first-order chi connectivity index (χ1) is 10.1. The fraction of sp³-hybridized carbons (Fsp3) is 0.867. The molecule has 0 spiro atoms. The van der Waals surface area contributed by atoms with E-state index in [2.05, 4.69) is 24.1 Å². The molecule has 3 amide bonds. The standard InChI is InChI=1S/C15H28N4O2/c1-3-17(4-2)8-7-14(20)18-9-11-19(12-10-18)15(21)16-13-5-6-13/h13H,3-12H2,1-2H3,(H,16,21). The van der Waals surface area contributed by atoms with E-state index in [0.717, 1.165) is 32.5 Å². The number of nitrogens with zero attached hydrogens (tertiary/aromatic N) is 3. The highest BCUT2D eigenvalue weighted by atomic mass is 16.2. The fourth-order valence-corrected chi connectivity index (χ4v) is 2.60. The Kier molecular flexibility index (Phi) is 5.85. The molecule has 1 saturated carbocycles. The van der Waals surface area contributed by atoms with Crippen molar-refractivity contribution in [1.29, 1.82) is 0 Å². The molecule has 0 aromatic rings. The minimum absolute atomic E-state index is 0.0349. The summed E-state index contributed by atoms with van der Waals surface area (Å²) in [5, 5.41) is 3.00. The van der Waals surface area contributed by atoms with Gasteiger partial charge in [0, 0.05) is 45.2 Å². The second-order valence-corrected chi connectivity index (χ2v) is 5.87. The number of carbonyl (C=O) groups excluding carboxylic acids is 2. The predicted octanol–water partition coefficient (Wildman–Crippen LogP) is 0.735. The Morgan fingerprint density at radius 2 is 1.62 bits per heavy atom. The molecule has 1 N–H and O–H groups in total. The van der Waals surface area contributed by atoms with Crippen LogP contribution in [0.25, 0.3) is 0 Å². The molecular formula is C15H28N4O2. The Hall–Kier alpha value is -1.30. The Morgan fingerprint density at radius 1 is 1.05 bits per heavy atom. The molecule has 1 aliphatic carbocycles. The quantitative estimate of drug-likeness (QED) is 0.786. The molecule has 1 heterocycles. The van der Waals surface area contributed by atoms with Crippen molar-refractivity contribution in [1.82, 2.24) is 20.0 Å². The molecule has 1 saturated heterocycles. The van der Waals surface area contributed by atoms with Crippen molar-refractivity contribution in [3.8, 4) is 0 Å². The smallest absolute Gasteiger partial charge is 0.317 e. The summed E-state index contributed by atoms with van der Waals surface area (Å²) in [5.74, 6) is 0.212. The molecule has 0 bridgehead atoms. The van der Waals surface area contributed by atoms with Crippen molar-refractivity contribution in [3.63, 3.8) is 0 Å².